The summed E-state index contributed by atoms with van der Waals surface area (Å²) < 4.78 is 15.7. The molecule has 0 fully saturated rings. The molecule has 1 unspecified atom stereocenters. The summed E-state index contributed by atoms with van der Waals surface area (Å²) in [5.74, 6) is 0.672. The molecular weight excluding hydrogens is 354 g/mol. The zero-order chi connectivity index (χ0) is 17.9. The molecule has 0 radical (unpaired) electrons. The van der Waals surface area contributed by atoms with E-state index in [4.69, 9.17) is 14.2 Å². The van der Waals surface area contributed by atoms with Gasteiger partial charge in [-0.25, -0.2) is 0 Å². The smallest absolute Gasteiger partial charge is 0.320 e. The molecule has 4 rings (SSSR count). The molecule has 2 aliphatic heterocycles. The molecule has 26 heavy (non-hydrogen) atoms. The third kappa shape index (κ3) is 3.62. The number of carbonyl (C=O) groups excluding carboxylic acids is 2. The van der Waals surface area contributed by atoms with Gasteiger partial charge in [-0.3, -0.25) is 9.59 Å². The van der Waals surface area contributed by atoms with Gasteiger partial charge in [0.2, 0.25) is 6.79 Å². The van der Waals surface area contributed by atoms with Crippen molar-refractivity contribution in [2.75, 3.05) is 13.4 Å². The SMILES string of the molecule is O=C(COC(=O)C1Cc2ccccc2S1)NCc1ccc2c(c1)OCO2. The Kier molecular flexibility index (Phi) is 4.71. The molecule has 2 aliphatic rings. The Morgan fingerprint density at radius 3 is 2.88 bits per heavy atom. The van der Waals surface area contributed by atoms with Crippen molar-refractivity contribution < 1.29 is 23.8 Å². The fourth-order valence-corrected chi connectivity index (χ4v) is 4.04. The van der Waals surface area contributed by atoms with Crippen LogP contribution in [0.15, 0.2) is 47.4 Å². The number of nitrogens with one attached hydrogen (secondary N) is 1. The maximum absolute atomic E-state index is 12.2. The van der Waals surface area contributed by atoms with E-state index in [2.05, 4.69) is 5.32 Å². The number of ether oxygens (including phenoxy) is 3. The molecule has 0 saturated carbocycles. The molecule has 1 N–H and O–H groups in total. The second kappa shape index (κ2) is 7.29. The van der Waals surface area contributed by atoms with Crippen molar-refractivity contribution in [3.63, 3.8) is 0 Å². The lowest BCUT2D eigenvalue weighted by atomic mass is 10.1. The minimum atomic E-state index is -0.357. The number of hydrogen-bond acceptors (Lipinski definition) is 6. The van der Waals surface area contributed by atoms with Crippen LogP contribution in [-0.2, 0) is 27.3 Å². The van der Waals surface area contributed by atoms with E-state index in [0.29, 0.717) is 24.5 Å². The Bertz CT molecular complexity index is 829. The zero-order valence-corrected chi connectivity index (χ0v) is 14.7. The lowest BCUT2D eigenvalue weighted by Gasteiger charge is -2.10. The quantitative estimate of drug-likeness (QED) is 0.813. The van der Waals surface area contributed by atoms with Gasteiger partial charge in [-0.15, -0.1) is 11.8 Å². The van der Waals surface area contributed by atoms with E-state index in [9.17, 15) is 9.59 Å². The molecule has 0 aliphatic carbocycles. The van der Waals surface area contributed by atoms with Crippen LogP contribution < -0.4 is 14.8 Å². The lowest BCUT2D eigenvalue weighted by Crippen LogP contribution is -2.30. The molecule has 1 amide bonds. The number of benzene rings is 2. The Hall–Kier alpha value is -2.67. The van der Waals surface area contributed by atoms with Crippen LogP contribution in [0.25, 0.3) is 0 Å². The van der Waals surface area contributed by atoms with E-state index >= 15 is 0 Å². The second-order valence-electron chi connectivity index (χ2n) is 5.99. The van der Waals surface area contributed by atoms with E-state index < -0.39 is 0 Å². The average molecular weight is 371 g/mol. The Morgan fingerprint density at radius 1 is 1.15 bits per heavy atom. The summed E-state index contributed by atoms with van der Waals surface area (Å²) in [6.45, 7) is 0.261. The molecule has 7 heteroatoms. The minimum absolute atomic E-state index is 0.212. The summed E-state index contributed by atoms with van der Waals surface area (Å²) >= 11 is 1.49. The molecule has 0 aromatic heterocycles. The number of amides is 1. The summed E-state index contributed by atoms with van der Waals surface area (Å²) in [6.07, 6.45) is 0.637. The standard InChI is InChI=1S/C19H17NO5S/c21-18(20-9-12-5-6-14-15(7-12)25-11-24-14)10-23-19(22)17-8-13-3-1-2-4-16(13)26-17/h1-7,17H,8-11H2,(H,20,21). The Morgan fingerprint density at radius 2 is 2.00 bits per heavy atom. The fraction of sp³-hybridized carbons (Fsp3) is 0.263. The van der Waals surface area contributed by atoms with Crippen LogP contribution >= 0.6 is 11.8 Å². The normalized spacial score (nSPS) is 16.8. The maximum atomic E-state index is 12.2. The third-order valence-corrected chi connectivity index (χ3v) is 5.48. The lowest BCUT2D eigenvalue weighted by molar-refractivity contribution is -0.147. The first-order valence-electron chi connectivity index (χ1n) is 8.25. The number of esters is 1. The van der Waals surface area contributed by atoms with Gasteiger partial charge >= 0.3 is 5.97 Å². The van der Waals surface area contributed by atoms with E-state index in [0.717, 1.165) is 16.0 Å². The monoisotopic (exact) mass is 371 g/mol. The Balaban J connectivity index is 1.22. The van der Waals surface area contributed by atoms with Crippen molar-refractivity contribution in [2.45, 2.75) is 23.1 Å². The van der Waals surface area contributed by atoms with Crippen molar-refractivity contribution in [2.24, 2.45) is 0 Å². The number of thioether (sulfide) groups is 1. The van der Waals surface area contributed by atoms with E-state index in [1.807, 2.05) is 36.4 Å². The molecule has 6 nitrogen and oxygen atoms in total. The molecule has 0 saturated heterocycles. The molecule has 1 atom stereocenters. The van der Waals surface area contributed by atoms with Crippen molar-refractivity contribution in [3.8, 4) is 11.5 Å². The molecule has 2 heterocycles. The minimum Gasteiger partial charge on any atom is -0.455 e. The van der Waals surface area contributed by atoms with Crippen molar-refractivity contribution >= 4 is 23.6 Å². The average Bonchev–Trinajstić information content (AvgIpc) is 3.30. The van der Waals surface area contributed by atoms with Gasteiger partial charge < -0.3 is 19.5 Å². The third-order valence-electron chi connectivity index (χ3n) is 4.18. The van der Waals surface area contributed by atoms with Crippen LogP contribution in [-0.4, -0.2) is 30.5 Å². The highest BCUT2D eigenvalue weighted by molar-refractivity contribution is 8.01. The largest absolute Gasteiger partial charge is 0.455 e. The van der Waals surface area contributed by atoms with E-state index in [-0.39, 0.29) is 30.5 Å². The molecule has 2 aromatic rings. The second-order valence-corrected chi connectivity index (χ2v) is 7.23. The summed E-state index contributed by atoms with van der Waals surface area (Å²) in [7, 11) is 0. The predicted octanol–water partition coefficient (Wildman–Crippen LogP) is 2.29. The number of carbonyl (C=O) groups is 2. The van der Waals surface area contributed by atoms with Crippen molar-refractivity contribution in [3.05, 3.63) is 53.6 Å². The van der Waals surface area contributed by atoms with E-state index in [1.54, 1.807) is 6.07 Å². The molecular formula is C19H17NO5S. The van der Waals surface area contributed by atoms with Gasteiger partial charge in [0, 0.05) is 11.4 Å². The summed E-state index contributed by atoms with van der Waals surface area (Å²) in [5.41, 5.74) is 2.03. The number of fused-ring (bicyclic) bond motifs is 2. The van der Waals surface area contributed by atoms with Crippen LogP contribution in [0.4, 0.5) is 0 Å². The molecule has 134 valence electrons. The first-order chi connectivity index (χ1) is 12.7. The zero-order valence-electron chi connectivity index (χ0n) is 13.9. The van der Waals surface area contributed by atoms with Crippen LogP contribution in [0.1, 0.15) is 11.1 Å². The van der Waals surface area contributed by atoms with Gasteiger partial charge in [0.1, 0.15) is 5.25 Å². The highest BCUT2D eigenvalue weighted by Crippen LogP contribution is 2.37. The summed E-state index contributed by atoms with van der Waals surface area (Å²) in [4.78, 5) is 25.2. The Labute approximate surface area is 154 Å². The first-order valence-corrected chi connectivity index (χ1v) is 9.13. The van der Waals surface area contributed by atoms with Gasteiger partial charge in [0.25, 0.3) is 5.91 Å². The van der Waals surface area contributed by atoms with Crippen LogP contribution in [0.3, 0.4) is 0 Å². The fourth-order valence-electron chi connectivity index (χ4n) is 2.85. The van der Waals surface area contributed by atoms with Gasteiger partial charge in [0.05, 0.1) is 0 Å². The predicted molar refractivity (Wildman–Crippen MR) is 95.2 cm³/mol. The number of hydrogen-bond donors (Lipinski definition) is 1. The van der Waals surface area contributed by atoms with Crippen molar-refractivity contribution in [1.29, 1.82) is 0 Å². The van der Waals surface area contributed by atoms with Gasteiger partial charge in [-0.05, 0) is 35.7 Å². The van der Waals surface area contributed by atoms with Gasteiger partial charge in [-0.2, -0.15) is 0 Å². The van der Waals surface area contributed by atoms with Crippen LogP contribution in [0.2, 0.25) is 0 Å². The van der Waals surface area contributed by atoms with Gasteiger partial charge in [-0.1, -0.05) is 24.3 Å². The maximum Gasteiger partial charge on any atom is 0.320 e. The summed E-state index contributed by atoms with van der Waals surface area (Å²) in [6, 6.07) is 13.4. The van der Waals surface area contributed by atoms with Crippen molar-refractivity contribution in [1.82, 2.24) is 5.32 Å². The van der Waals surface area contributed by atoms with Gasteiger partial charge in [0.15, 0.2) is 18.1 Å². The first kappa shape index (κ1) is 16.8. The topological polar surface area (TPSA) is 73.9 Å². The molecule has 2 aromatic carbocycles. The summed E-state index contributed by atoms with van der Waals surface area (Å²) in [5, 5.41) is 2.45. The van der Waals surface area contributed by atoms with Crippen LogP contribution in [0, 0.1) is 0 Å². The molecule has 0 bridgehead atoms. The molecule has 0 spiro atoms. The number of rotatable bonds is 5. The van der Waals surface area contributed by atoms with Crippen LogP contribution in [0.5, 0.6) is 11.5 Å². The highest BCUT2D eigenvalue weighted by atomic mass is 32.2. The van der Waals surface area contributed by atoms with E-state index in [1.165, 1.54) is 11.8 Å². The highest BCUT2D eigenvalue weighted by Gasteiger charge is 2.29.